The van der Waals surface area contributed by atoms with Crippen LogP contribution in [0.1, 0.15) is 58.8 Å². The number of hydrogen-bond acceptors (Lipinski definition) is 3. The Morgan fingerprint density at radius 1 is 0.875 bits per heavy atom. The number of unbranched alkanes of at least 4 members (excludes halogenated alkanes) is 3. The van der Waals surface area contributed by atoms with Gasteiger partial charge in [-0.1, -0.05) is 82.3 Å². The Hall–Kier alpha value is -1.39. The normalized spacial score (nSPS) is 13.2. The molecule has 0 radical (unpaired) electrons. The summed E-state index contributed by atoms with van der Waals surface area (Å²) in [4.78, 5) is 0.273. The van der Waals surface area contributed by atoms with Crippen LogP contribution in [0.2, 0.25) is 0 Å². The lowest BCUT2D eigenvalue weighted by Gasteiger charge is -2.17. The van der Waals surface area contributed by atoms with Crippen LogP contribution in [-0.4, -0.2) is 14.5 Å². The highest BCUT2D eigenvalue weighted by molar-refractivity contribution is 7.87. The predicted octanol–water partition coefficient (Wildman–Crippen LogP) is 5.68. The van der Waals surface area contributed by atoms with Crippen molar-refractivity contribution >= 4 is 20.9 Å². The number of hydrogen-bond donors (Lipinski definition) is 0. The molecule has 0 heterocycles. The van der Waals surface area contributed by atoms with Gasteiger partial charge in [-0.25, -0.2) is 0 Å². The van der Waals surface area contributed by atoms with E-state index in [1.54, 1.807) is 12.1 Å². The summed E-state index contributed by atoms with van der Waals surface area (Å²) in [5.41, 5.74) is 0. The highest BCUT2D eigenvalue weighted by atomic mass is 32.2. The minimum atomic E-state index is -3.75. The van der Waals surface area contributed by atoms with Crippen molar-refractivity contribution in [2.24, 2.45) is 0 Å². The molecule has 2 rings (SSSR count). The first-order valence-corrected chi connectivity index (χ1v) is 10.4. The van der Waals surface area contributed by atoms with Gasteiger partial charge in [-0.3, -0.25) is 4.18 Å². The maximum Gasteiger partial charge on any atom is 0.297 e. The van der Waals surface area contributed by atoms with Crippen LogP contribution >= 0.6 is 0 Å². The Labute approximate surface area is 146 Å². The lowest BCUT2D eigenvalue weighted by atomic mass is 10.1. The summed E-state index contributed by atoms with van der Waals surface area (Å²) in [6.07, 6.45) is 6.79. The third-order valence-corrected chi connectivity index (χ3v) is 5.69. The van der Waals surface area contributed by atoms with Crippen LogP contribution in [0.3, 0.4) is 0 Å². The van der Waals surface area contributed by atoms with Crippen molar-refractivity contribution in [3.63, 3.8) is 0 Å². The van der Waals surface area contributed by atoms with Gasteiger partial charge in [0, 0.05) is 5.39 Å². The molecule has 2 aromatic rings. The molecule has 0 aromatic heterocycles. The van der Waals surface area contributed by atoms with Gasteiger partial charge in [0.25, 0.3) is 10.1 Å². The summed E-state index contributed by atoms with van der Waals surface area (Å²) >= 11 is 0. The van der Waals surface area contributed by atoms with E-state index in [4.69, 9.17) is 4.18 Å². The summed E-state index contributed by atoms with van der Waals surface area (Å²) in [7, 11) is -3.75. The van der Waals surface area contributed by atoms with Gasteiger partial charge in [0.1, 0.15) is 4.90 Å². The molecule has 0 saturated heterocycles. The largest absolute Gasteiger partial charge is 0.297 e. The van der Waals surface area contributed by atoms with Gasteiger partial charge in [-0.05, 0) is 24.3 Å². The van der Waals surface area contributed by atoms with Crippen LogP contribution in [0.5, 0.6) is 0 Å². The SMILES string of the molecule is CCCCCCC(CCC)OS(=O)(=O)c1cccc2ccccc12. The Balaban J connectivity index is 2.17. The van der Waals surface area contributed by atoms with E-state index in [0.717, 1.165) is 42.9 Å². The van der Waals surface area contributed by atoms with Gasteiger partial charge in [0.05, 0.1) is 6.10 Å². The Morgan fingerprint density at radius 2 is 1.62 bits per heavy atom. The summed E-state index contributed by atoms with van der Waals surface area (Å²) in [5, 5.41) is 1.64. The van der Waals surface area contributed by atoms with Crippen molar-refractivity contribution in [1.82, 2.24) is 0 Å². The second-order valence-corrected chi connectivity index (χ2v) is 7.83. The molecule has 4 heteroatoms. The van der Waals surface area contributed by atoms with Crippen LogP contribution in [-0.2, 0) is 14.3 Å². The van der Waals surface area contributed by atoms with Crippen molar-refractivity contribution in [1.29, 1.82) is 0 Å². The molecule has 24 heavy (non-hydrogen) atoms. The highest BCUT2D eigenvalue weighted by Gasteiger charge is 2.23. The Morgan fingerprint density at radius 3 is 2.38 bits per heavy atom. The molecule has 0 N–H and O–H groups in total. The second-order valence-electron chi connectivity index (χ2n) is 6.29. The number of benzene rings is 2. The zero-order valence-electron chi connectivity index (χ0n) is 14.7. The van der Waals surface area contributed by atoms with Crippen molar-refractivity contribution in [2.45, 2.75) is 69.8 Å². The molecule has 0 aliphatic carbocycles. The zero-order valence-corrected chi connectivity index (χ0v) is 15.5. The van der Waals surface area contributed by atoms with Crippen molar-refractivity contribution in [3.8, 4) is 0 Å². The molecular formula is C20H28O3S. The molecule has 2 aromatic carbocycles. The zero-order chi connectivity index (χ0) is 17.4. The topological polar surface area (TPSA) is 43.4 Å². The first-order valence-electron chi connectivity index (χ1n) is 8.99. The molecule has 0 saturated carbocycles. The van der Waals surface area contributed by atoms with E-state index in [0.29, 0.717) is 0 Å². The van der Waals surface area contributed by atoms with E-state index in [9.17, 15) is 8.42 Å². The van der Waals surface area contributed by atoms with Crippen LogP contribution in [0.15, 0.2) is 47.4 Å². The Bertz CT molecular complexity index is 732. The van der Waals surface area contributed by atoms with Gasteiger partial charge < -0.3 is 0 Å². The lowest BCUT2D eigenvalue weighted by molar-refractivity contribution is 0.183. The second kappa shape index (κ2) is 9.19. The summed E-state index contributed by atoms with van der Waals surface area (Å²) in [6, 6.07) is 12.8. The molecule has 1 unspecified atom stereocenters. The quantitative estimate of drug-likeness (QED) is 0.409. The van der Waals surface area contributed by atoms with Crippen LogP contribution < -0.4 is 0 Å². The van der Waals surface area contributed by atoms with Gasteiger partial charge in [0.2, 0.25) is 0 Å². The van der Waals surface area contributed by atoms with Gasteiger partial charge in [0.15, 0.2) is 0 Å². The average molecular weight is 349 g/mol. The minimum Gasteiger partial charge on any atom is -0.263 e. The maximum atomic E-state index is 12.8. The molecule has 0 fully saturated rings. The van der Waals surface area contributed by atoms with Crippen molar-refractivity contribution < 1.29 is 12.6 Å². The molecule has 0 bridgehead atoms. The minimum absolute atomic E-state index is 0.226. The number of rotatable bonds is 10. The van der Waals surface area contributed by atoms with Gasteiger partial charge in [-0.2, -0.15) is 8.42 Å². The third kappa shape index (κ3) is 5.05. The molecular weight excluding hydrogens is 320 g/mol. The van der Waals surface area contributed by atoms with Crippen LogP contribution in [0.4, 0.5) is 0 Å². The smallest absolute Gasteiger partial charge is 0.263 e. The van der Waals surface area contributed by atoms with Gasteiger partial charge in [-0.15, -0.1) is 0 Å². The van der Waals surface area contributed by atoms with Gasteiger partial charge >= 0.3 is 0 Å². The number of fused-ring (bicyclic) bond motifs is 1. The molecule has 3 nitrogen and oxygen atoms in total. The fourth-order valence-electron chi connectivity index (χ4n) is 3.01. The first kappa shape index (κ1) is 18.9. The first-order chi connectivity index (χ1) is 11.6. The third-order valence-electron chi connectivity index (χ3n) is 4.27. The molecule has 0 spiro atoms. The molecule has 0 aliphatic rings. The summed E-state index contributed by atoms with van der Waals surface area (Å²) in [5.74, 6) is 0. The Kier molecular flexibility index (Phi) is 7.25. The van der Waals surface area contributed by atoms with E-state index < -0.39 is 10.1 Å². The van der Waals surface area contributed by atoms with Crippen LogP contribution in [0, 0.1) is 0 Å². The van der Waals surface area contributed by atoms with E-state index in [2.05, 4.69) is 13.8 Å². The van der Waals surface area contributed by atoms with E-state index >= 15 is 0 Å². The summed E-state index contributed by atoms with van der Waals surface area (Å²) < 4.78 is 31.2. The molecule has 132 valence electrons. The van der Waals surface area contributed by atoms with Crippen LogP contribution in [0.25, 0.3) is 10.8 Å². The van der Waals surface area contributed by atoms with Crippen molar-refractivity contribution in [3.05, 3.63) is 42.5 Å². The standard InChI is InChI=1S/C20H28O3S/c1-3-5-6-7-14-18(11-4-2)23-24(21,22)20-16-10-13-17-12-8-9-15-19(17)20/h8-10,12-13,15-16,18H,3-7,11,14H2,1-2H3. The lowest BCUT2D eigenvalue weighted by Crippen LogP contribution is -2.19. The monoisotopic (exact) mass is 348 g/mol. The predicted molar refractivity (Wildman–Crippen MR) is 99.7 cm³/mol. The van der Waals surface area contributed by atoms with E-state index in [-0.39, 0.29) is 11.0 Å². The molecule has 0 amide bonds. The van der Waals surface area contributed by atoms with E-state index in [1.807, 2.05) is 30.3 Å². The van der Waals surface area contributed by atoms with Crippen molar-refractivity contribution in [2.75, 3.05) is 0 Å². The maximum absolute atomic E-state index is 12.8. The molecule has 1 atom stereocenters. The fraction of sp³-hybridized carbons (Fsp3) is 0.500. The van der Waals surface area contributed by atoms with E-state index in [1.165, 1.54) is 12.8 Å². The average Bonchev–Trinajstić information content (AvgIpc) is 2.58. The highest BCUT2D eigenvalue weighted by Crippen LogP contribution is 2.26. The molecule has 0 aliphatic heterocycles. The fourth-order valence-corrected chi connectivity index (χ4v) is 4.36. The summed E-state index contributed by atoms with van der Waals surface area (Å²) in [6.45, 7) is 4.23.